The van der Waals surface area contributed by atoms with Crippen LogP contribution in [0.2, 0.25) is 0 Å². The summed E-state index contributed by atoms with van der Waals surface area (Å²) in [7, 11) is 0. The van der Waals surface area contributed by atoms with E-state index in [1.54, 1.807) is 10.8 Å². The number of carbonyl (C=O) groups is 1. The Balaban J connectivity index is 1.50. The summed E-state index contributed by atoms with van der Waals surface area (Å²) in [5, 5.41) is 0.971. The van der Waals surface area contributed by atoms with Crippen LogP contribution in [0, 0.1) is 0 Å². The number of ketones is 1. The molecule has 0 atom stereocenters. The first-order valence-electron chi connectivity index (χ1n) is 9.13. The lowest BCUT2D eigenvalue weighted by Crippen LogP contribution is -2.37. The van der Waals surface area contributed by atoms with Gasteiger partial charge in [-0.25, -0.2) is 0 Å². The number of hydrogen-bond donors (Lipinski definition) is 1. The molecule has 4 rings (SSSR count). The van der Waals surface area contributed by atoms with Crippen LogP contribution >= 0.6 is 0 Å². The van der Waals surface area contributed by atoms with Gasteiger partial charge in [-0.05, 0) is 23.8 Å². The third-order valence-corrected chi connectivity index (χ3v) is 4.77. The topological polar surface area (TPSA) is 36.7 Å². The summed E-state index contributed by atoms with van der Waals surface area (Å²) in [5.74, 6) is -0.247. The van der Waals surface area contributed by atoms with Crippen molar-refractivity contribution in [3.8, 4) is 0 Å². The highest BCUT2D eigenvalue weighted by molar-refractivity contribution is 5.95. The van der Waals surface area contributed by atoms with E-state index in [9.17, 15) is 18.0 Å². The Morgan fingerprint density at radius 2 is 1.69 bits per heavy atom. The minimum Gasteiger partial charge on any atom is -0.358 e. The van der Waals surface area contributed by atoms with Gasteiger partial charge >= 0.3 is 6.18 Å². The van der Waals surface area contributed by atoms with E-state index in [1.807, 2.05) is 36.5 Å². The zero-order chi connectivity index (χ0) is 20.4. The maximum Gasteiger partial charge on any atom is 0.416 e. The summed E-state index contributed by atoms with van der Waals surface area (Å²) in [6.45, 7) is 0.0561. The molecule has 0 spiro atoms. The minimum absolute atomic E-state index is 0.0561. The number of hydrogen-bond acceptors (Lipinski definition) is 1. The van der Waals surface area contributed by atoms with Crippen molar-refractivity contribution in [2.75, 3.05) is 0 Å². The van der Waals surface area contributed by atoms with E-state index >= 15 is 0 Å². The molecule has 6 heteroatoms. The number of halogens is 3. The first kappa shape index (κ1) is 18.9. The molecule has 3 nitrogen and oxygen atoms in total. The fourth-order valence-electron chi connectivity index (χ4n) is 3.29. The van der Waals surface area contributed by atoms with E-state index in [2.05, 4.69) is 17.1 Å². The quantitative estimate of drug-likeness (QED) is 0.377. The van der Waals surface area contributed by atoms with Crippen LogP contribution in [0.3, 0.4) is 0 Å². The van der Waals surface area contributed by atoms with Gasteiger partial charge in [-0.3, -0.25) is 4.79 Å². The zero-order valence-electron chi connectivity index (χ0n) is 15.4. The molecule has 4 aromatic rings. The summed E-state index contributed by atoms with van der Waals surface area (Å²) in [4.78, 5) is 15.8. The van der Waals surface area contributed by atoms with E-state index in [0.717, 1.165) is 35.2 Å². The van der Waals surface area contributed by atoms with Gasteiger partial charge in [0.25, 0.3) is 0 Å². The molecular weight excluding hydrogens is 377 g/mol. The number of alkyl halides is 3. The lowest BCUT2D eigenvalue weighted by atomic mass is 10.1. The Morgan fingerprint density at radius 1 is 0.966 bits per heavy atom. The number of fused-ring (bicyclic) bond motifs is 1. The monoisotopic (exact) mass is 395 g/mol. The van der Waals surface area contributed by atoms with Crippen LogP contribution in [0.1, 0.15) is 27.2 Å². The highest BCUT2D eigenvalue weighted by atomic mass is 19.4. The number of aromatic amines is 1. The number of benzene rings is 2. The fourth-order valence-corrected chi connectivity index (χ4v) is 3.29. The zero-order valence-corrected chi connectivity index (χ0v) is 15.4. The van der Waals surface area contributed by atoms with E-state index in [4.69, 9.17) is 0 Å². The number of rotatable bonds is 5. The molecule has 2 aromatic heterocycles. The number of H-pyrrole nitrogens is 1. The molecule has 0 aliphatic rings. The van der Waals surface area contributed by atoms with Crippen LogP contribution in [0.5, 0.6) is 0 Å². The fraction of sp³-hybridized carbons (Fsp3) is 0.130. The average Bonchev–Trinajstić information content (AvgIpc) is 3.09. The van der Waals surface area contributed by atoms with Gasteiger partial charge in [-0.2, -0.15) is 17.7 Å². The van der Waals surface area contributed by atoms with Crippen LogP contribution in [-0.2, 0) is 19.1 Å². The summed E-state index contributed by atoms with van der Waals surface area (Å²) >= 11 is 0. The average molecular weight is 395 g/mol. The van der Waals surface area contributed by atoms with E-state index in [0.29, 0.717) is 0 Å². The maximum absolute atomic E-state index is 12.7. The molecule has 0 aliphatic carbocycles. The van der Waals surface area contributed by atoms with Gasteiger partial charge < -0.3 is 4.98 Å². The molecule has 0 aliphatic heterocycles. The molecule has 0 amide bonds. The van der Waals surface area contributed by atoms with E-state index < -0.39 is 11.7 Å². The number of carbonyl (C=O) groups excluding carboxylic acids is 1. The Morgan fingerprint density at radius 3 is 2.38 bits per heavy atom. The molecule has 29 heavy (non-hydrogen) atoms. The Hall–Kier alpha value is -3.41. The molecule has 146 valence electrons. The molecule has 2 heterocycles. The van der Waals surface area contributed by atoms with Crippen molar-refractivity contribution < 1.29 is 22.5 Å². The predicted molar refractivity (Wildman–Crippen MR) is 104 cm³/mol. The second-order valence-electron chi connectivity index (χ2n) is 6.94. The normalized spacial score (nSPS) is 11.7. The summed E-state index contributed by atoms with van der Waals surface area (Å²) in [5.41, 5.74) is 2.72. The summed E-state index contributed by atoms with van der Waals surface area (Å²) < 4.78 is 39.7. The van der Waals surface area contributed by atoms with Crippen LogP contribution < -0.4 is 4.57 Å². The lowest BCUT2D eigenvalue weighted by Gasteiger charge is -2.06. The smallest absolute Gasteiger partial charge is 0.358 e. The molecule has 0 unspecified atom stereocenters. The standard InChI is InChI=1S/C23H17F3N2O/c24-23(25,26)19-8-6-17(7-9-19)22(29)15-28-11-10-21-18(14-28)13-20(27-21)12-16-4-2-1-3-5-16/h1-11,13-14H,12,15H2/p+1. The third-order valence-electron chi connectivity index (χ3n) is 4.77. The first-order valence-corrected chi connectivity index (χ1v) is 9.13. The van der Waals surface area contributed by atoms with Crippen LogP contribution in [-0.4, -0.2) is 10.8 Å². The van der Waals surface area contributed by atoms with Crippen molar-refractivity contribution in [1.82, 2.24) is 4.98 Å². The summed E-state index contributed by atoms with van der Waals surface area (Å²) in [6, 6.07) is 18.3. The van der Waals surface area contributed by atoms with Crippen molar-refractivity contribution in [3.05, 3.63) is 102 Å². The maximum atomic E-state index is 12.7. The van der Waals surface area contributed by atoms with Crippen molar-refractivity contribution in [1.29, 1.82) is 0 Å². The van der Waals surface area contributed by atoms with Gasteiger partial charge in [0, 0.05) is 23.7 Å². The second-order valence-corrected chi connectivity index (χ2v) is 6.94. The van der Waals surface area contributed by atoms with Crippen molar-refractivity contribution in [2.24, 2.45) is 0 Å². The molecule has 0 radical (unpaired) electrons. The molecule has 0 saturated carbocycles. The third kappa shape index (κ3) is 4.37. The number of pyridine rings is 1. The minimum atomic E-state index is -4.41. The lowest BCUT2D eigenvalue weighted by molar-refractivity contribution is -0.681. The predicted octanol–water partition coefficient (Wildman–Crippen LogP) is 4.95. The van der Waals surface area contributed by atoms with Crippen LogP contribution in [0.25, 0.3) is 10.9 Å². The van der Waals surface area contributed by atoms with Gasteiger partial charge in [0.2, 0.25) is 12.3 Å². The summed E-state index contributed by atoms with van der Waals surface area (Å²) in [6.07, 6.45) is 0.0164. The molecule has 0 saturated heterocycles. The van der Waals surface area contributed by atoms with Crippen molar-refractivity contribution >= 4 is 16.7 Å². The molecule has 2 aromatic carbocycles. The number of aromatic nitrogens is 2. The molecule has 0 fully saturated rings. The number of nitrogens with zero attached hydrogens (tertiary/aromatic N) is 1. The van der Waals surface area contributed by atoms with Gasteiger partial charge in [0.15, 0.2) is 12.4 Å². The second kappa shape index (κ2) is 7.54. The Kier molecular flexibility index (Phi) is 4.92. The number of nitrogens with one attached hydrogen (secondary N) is 1. The largest absolute Gasteiger partial charge is 0.416 e. The van der Waals surface area contributed by atoms with E-state index in [1.165, 1.54) is 17.7 Å². The molecule has 1 N–H and O–H groups in total. The van der Waals surface area contributed by atoms with Crippen LogP contribution in [0.4, 0.5) is 13.2 Å². The molecular formula is C23H18F3N2O+. The van der Waals surface area contributed by atoms with E-state index in [-0.39, 0.29) is 17.9 Å². The Bertz CT molecular complexity index is 1150. The van der Waals surface area contributed by atoms with Crippen molar-refractivity contribution in [2.45, 2.75) is 19.1 Å². The van der Waals surface area contributed by atoms with Crippen molar-refractivity contribution in [3.63, 3.8) is 0 Å². The van der Waals surface area contributed by atoms with Crippen LogP contribution in [0.15, 0.2) is 79.1 Å². The van der Waals surface area contributed by atoms with Gasteiger partial charge in [-0.1, -0.05) is 42.5 Å². The van der Waals surface area contributed by atoms with Gasteiger partial charge in [0.1, 0.15) is 0 Å². The first-order chi connectivity index (χ1) is 13.9. The Labute approximate surface area is 165 Å². The highest BCUT2D eigenvalue weighted by Gasteiger charge is 2.30. The SMILES string of the molecule is O=C(C[n+]1ccc2[nH]c(Cc3ccccc3)cc2c1)c1ccc(C(F)(F)F)cc1. The van der Waals surface area contributed by atoms with Gasteiger partial charge in [0.05, 0.1) is 16.5 Å². The van der Waals surface area contributed by atoms with Gasteiger partial charge in [-0.15, -0.1) is 0 Å². The highest BCUT2D eigenvalue weighted by Crippen LogP contribution is 2.29. The number of Topliss-reactive ketones (excluding diaryl/α,β-unsaturated/α-hetero) is 1. The molecule has 0 bridgehead atoms.